The van der Waals surface area contributed by atoms with Gasteiger partial charge in [0.05, 0.1) is 9.62 Å². The maximum Gasteiger partial charge on any atom is 0.297 e. The van der Waals surface area contributed by atoms with Crippen LogP contribution in [0, 0.1) is 10.1 Å². The third-order valence-corrected chi connectivity index (χ3v) is 3.28. The third kappa shape index (κ3) is 1.60. The molecule has 0 fully saturated rings. The fourth-order valence-corrected chi connectivity index (χ4v) is 2.82. The summed E-state index contributed by atoms with van der Waals surface area (Å²) < 4.78 is 1.31. The molecule has 2 aromatic rings. The molecule has 0 saturated carbocycles. The monoisotopic (exact) mass is 292 g/mol. The molecular formula is C7H2BrClN2O2S. The van der Waals surface area contributed by atoms with Crippen LogP contribution in [0.15, 0.2) is 16.0 Å². The predicted molar refractivity (Wildman–Crippen MR) is 59.0 cm³/mol. The second-order valence-corrected chi connectivity index (χ2v) is 5.24. The Hall–Kier alpha value is -0.720. The van der Waals surface area contributed by atoms with E-state index in [1.54, 1.807) is 6.07 Å². The lowest BCUT2D eigenvalue weighted by Crippen LogP contribution is -1.88. The predicted octanol–water partition coefficient (Wildman–Crippen LogP) is 3.62. The molecule has 7 heteroatoms. The van der Waals surface area contributed by atoms with Crippen LogP contribution < -0.4 is 0 Å². The molecule has 0 spiro atoms. The van der Waals surface area contributed by atoms with Crippen LogP contribution in [0.3, 0.4) is 0 Å². The summed E-state index contributed by atoms with van der Waals surface area (Å²) in [7, 11) is 0. The molecule has 0 N–H and O–H groups in total. The number of halogens is 2. The average molecular weight is 294 g/mol. The SMILES string of the molecule is O=[N+]([O-])c1cc(Cl)cc2sc(Br)nc12. The van der Waals surface area contributed by atoms with Gasteiger partial charge < -0.3 is 0 Å². The Bertz CT molecular complexity index is 528. The first-order chi connectivity index (χ1) is 6.58. The van der Waals surface area contributed by atoms with E-state index in [2.05, 4.69) is 20.9 Å². The minimum atomic E-state index is -0.486. The summed E-state index contributed by atoms with van der Waals surface area (Å²) in [6.45, 7) is 0. The van der Waals surface area contributed by atoms with Crippen molar-refractivity contribution >= 4 is 54.8 Å². The highest BCUT2D eigenvalue weighted by atomic mass is 79.9. The van der Waals surface area contributed by atoms with E-state index in [-0.39, 0.29) is 5.69 Å². The normalized spacial score (nSPS) is 10.7. The van der Waals surface area contributed by atoms with Crippen molar-refractivity contribution in [1.29, 1.82) is 0 Å². The maximum absolute atomic E-state index is 10.7. The summed E-state index contributed by atoms with van der Waals surface area (Å²) in [5.41, 5.74) is 0.311. The standard InChI is InChI=1S/C7H2BrClN2O2S/c8-7-10-6-4(11(12)13)1-3(9)2-5(6)14-7/h1-2H. The Morgan fingerprint density at radius 1 is 1.57 bits per heavy atom. The van der Waals surface area contributed by atoms with Crippen molar-refractivity contribution in [2.24, 2.45) is 0 Å². The molecule has 1 aromatic carbocycles. The van der Waals surface area contributed by atoms with Gasteiger partial charge in [0.15, 0.2) is 9.43 Å². The van der Waals surface area contributed by atoms with Gasteiger partial charge in [-0.2, -0.15) is 0 Å². The Balaban J connectivity index is 2.85. The number of aromatic nitrogens is 1. The van der Waals surface area contributed by atoms with Gasteiger partial charge in [-0.25, -0.2) is 4.98 Å². The van der Waals surface area contributed by atoms with E-state index in [1.807, 2.05) is 0 Å². The minimum Gasteiger partial charge on any atom is -0.258 e. The largest absolute Gasteiger partial charge is 0.297 e. The van der Waals surface area contributed by atoms with E-state index < -0.39 is 4.92 Å². The first-order valence-corrected chi connectivity index (χ1v) is 5.46. The van der Waals surface area contributed by atoms with Crippen LogP contribution in [0.1, 0.15) is 0 Å². The average Bonchev–Trinajstić information content (AvgIpc) is 2.42. The summed E-state index contributed by atoms with van der Waals surface area (Å²) in [5.74, 6) is 0. The van der Waals surface area contributed by atoms with Crippen molar-refractivity contribution in [1.82, 2.24) is 4.98 Å². The molecule has 0 radical (unpaired) electrons. The van der Waals surface area contributed by atoms with Crippen LogP contribution in [0.5, 0.6) is 0 Å². The Labute approximate surface area is 95.8 Å². The molecule has 4 nitrogen and oxygen atoms in total. The van der Waals surface area contributed by atoms with Crippen molar-refractivity contribution in [3.63, 3.8) is 0 Å². The zero-order valence-corrected chi connectivity index (χ0v) is 9.69. The molecule has 0 aliphatic heterocycles. The topological polar surface area (TPSA) is 56.0 Å². The second-order valence-electron chi connectivity index (χ2n) is 2.50. The molecule has 0 saturated heterocycles. The molecule has 72 valence electrons. The van der Waals surface area contributed by atoms with Gasteiger partial charge in [-0.05, 0) is 22.0 Å². The smallest absolute Gasteiger partial charge is 0.258 e. The lowest BCUT2D eigenvalue weighted by molar-refractivity contribution is -0.383. The first kappa shape index (κ1) is 9.82. The molecule has 14 heavy (non-hydrogen) atoms. The van der Waals surface area contributed by atoms with Crippen molar-refractivity contribution in [2.45, 2.75) is 0 Å². The summed E-state index contributed by atoms with van der Waals surface area (Å²) in [6.07, 6.45) is 0. The van der Waals surface area contributed by atoms with E-state index in [0.717, 1.165) is 0 Å². The van der Waals surface area contributed by atoms with Crippen molar-refractivity contribution in [3.05, 3.63) is 31.2 Å². The number of non-ortho nitro benzene ring substituents is 1. The van der Waals surface area contributed by atoms with Gasteiger partial charge in [0.1, 0.15) is 0 Å². The number of hydrogen-bond acceptors (Lipinski definition) is 4. The molecule has 0 unspecified atom stereocenters. The number of nitrogens with zero attached hydrogens (tertiary/aromatic N) is 2. The molecule has 0 atom stereocenters. The second kappa shape index (κ2) is 3.45. The van der Waals surface area contributed by atoms with Crippen LogP contribution in [0.2, 0.25) is 5.02 Å². The molecule has 0 aliphatic carbocycles. The number of thiazole rings is 1. The number of nitro groups is 1. The number of fused-ring (bicyclic) bond motifs is 1. The van der Waals surface area contributed by atoms with E-state index in [0.29, 0.717) is 19.2 Å². The van der Waals surface area contributed by atoms with Gasteiger partial charge in [0, 0.05) is 11.1 Å². The highest BCUT2D eigenvalue weighted by Crippen LogP contribution is 2.34. The first-order valence-electron chi connectivity index (χ1n) is 3.48. The van der Waals surface area contributed by atoms with E-state index in [4.69, 9.17) is 11.6 Å². The molecule has 1 aromatic heterocycles. The molecule has 0 aliphatic rings. The Morgan fingerprint density at radius 3 is 2.93 bits per heavy atom. The van der Waals surface area contributed by atoms with E-state index in [1.165, 1.54) is 17.4 Å². The lowest BCUT2D eigenvalue weighted by Gasteiger charge is -1.93. The van der Waals surface area contributed by atoms with Crippen molar-refractivity contribution < 1.29 is 4.92 Å². The fourth-order valence-electron chi connectivity index (χ4n) is 1.09. The van der Waals surface area contributed by atoms with Crippen LogP contribution in [-0.2, 0) is 0 Å². The maximum atomic E-state index is 10.7. The molecule has 2 rings (SSSR count). The number of rotatable bonds is 1. The number of hydrogen-bond donors (Lipinski definition) is 0. The summed E-state index contributed by atoms with van der Waals surface area (Å²) in [4.78, 5) is 14.2. The zero-order chi connectivity index (χ0) is 10.3. The summed E-state index contributed by atoms with van der Waals surface area (Å²) >= 11 is 10.2. The van der Waals surface area contributed by atoms with Gasteiger partial charge in [0.25, 0.3) is 5.69 Å². The molecular weight excluding hydrogens is 292 g/mol. The van der Waals surface area contributed by atoms with Crippen molar-refractivity contribution in [3.8, 4) is 0 Å². The van der Waals surface area contributed by atoms with Crippen molar-refractivity contribution in [2.75, 3.05) is 0 Å². The quantitative estimate of drug-likeness (QED) is 0.596. The van der Waals surface area contributed by atoms with Crippen LogP contribution in [-0.4, -0.2) is 9.91 Å². The van der Waals surface area contributed by atoms with Gasteiger partial charge in [-0.1, -0.05) is 11.6 Å². The number of benzene rings is 1. The minimum absolute atomic E-state index is 0.0607. The van der Waals surface area contributed by atoms with Crippen LogP contribution in [0.4, 0.5) is 5.69 Å². The fraction of sp³-hybridized carbons (Fsp3) is 0. The lowest BCUT2D eigenvalue weighted by atomic mass is 10.3. The Kier molecular flexibility index (Phi) is 2.42. The Morgan fingerprint density at radius 2 is 2.29 bits per heavy atom. The van der Waals surface area contributed by atoms with Gasteiger partial charge in [-0.3, -0.25) is 10.1 Å². The summed E-state index contributed by atoms with van der Waals surface area (Å²) in [6, 6.07) is 2.96. The third-order valence-electron chi connectivity index (χ3n) is 1.61. The van der Waals surface area contributed by atoms with Gasteiger partial charge in [-0.15, -0.1) is 11.3 Å². The van der Waals surface area contributed by atoms with Gasteiger partial charge in [0.2, 0.25) is 0 Å². The zero-order valence-electron chi connectivity index (χ0n) is 6.53. The van der Waals surface area contributed by atoms with E-state index in [9.17, 15) is 10.1 Å². The van der Waals surface area contributed by atoms with Crippen LogP contribution >= 0.6 is 38.9 Å². The van der Waals surface area contributed by atoms with Gasteiger partial charge >= 0.3 is 0 Å². The number of nitro benzene ring substituents is 1. The van der Waals surface area contributed by atoms with E-state index >= 15 is 0 Å². The molecule has 0 bridgehead atoms. The highest BCUT2D eigenvalue weighted by Gasteiger charge is 2.16. The molecule has 0 amide bonds. The highest BCUT2D eigenvalue weighted by molar-refractivity contribution is 9.11. The van der Waals surface area contributed by atoms with Crippen LogP contribution in [0.25, 0.3) is 10.2 Å². The summed E-state index contributed by atoms with van der Waals surface area (Å²) in [5, 5.41) is 11.0. The molecule has 1 heterocycles.